The Hall–Kier alpha value is -2.24. The number of carbonyl (C=O) groups excluding carboxylic acids is 2. The van der Waals surface area contributed by atoms with Crippen molar-refractivity contribution in [2.24, 2.45) is 0 Å². The molecular formula is C12H14N2O4. The lowest BCUT2D eigenvalue weighted by Crippen LogP contribution is -2.49. The van der Waals surface area contributed by atoms with Gasteiger partial charge in [-0.05, 0) is 12.1 Å². The Morgan fingerprint density at radius 2 is 2.00 bits per heavy atom. The minimum absolute atomic E-state index is 0.260. The van der Waals surface area contributed by atoms with E-state index in [4.69, 9.17) is 9.47 Å². The first-order chi connectivity index (χ1) is 8.65. The summed E-state index contributed by atoms with van der Waals surface area (Å²) in [6, 6.07) is 4.72. The summed E-state index contributed by atoms with van der Waals surface area (Å²) >= 11 is 0. The van der Waals surface area contributed by atoms with Crippen molar-refractivity contribution in [3.05, 3.63) is 18.2 Å². The molecule has 1 saturated heterocycles. The van der Waals surface area contributed by atoms with Crippen LogP contribution in [0, 0.1) is 0 Å². The summed E-state index contributed by atoms with van der Waals surface area (Å²) in [5, 5.41) is 2.27. The number of nitrogens with zero attached hydrogens (tertiary/aromatic N) is 1. The maximum atomic E-state index is 11.7. The van der Waals surface area contributed by atoms with E-state index in [0.717, 1.165) is 0 Å². The summed E-state index contributed by atoms with van der Waals surface area (Å²) in [5.74, 6) is 0.909. The smallest absolute Gasteiger partial charge is 0.328 e. The standard InChI is InChI=1S/C12H14N2O4/c1-17-8-3-4-9(10(7-8)18-2)14-6-5-11(15)13-12(14)16/h3-4,7H,5-6H2,1-2H3,(H,13,15,16). The Labute approximate surface area is 104 Å². The molecule has 6 nitrogen and oxygen atoms in total. The summed E-state index contributed by atoms with van der Waals surface area (Å²) in [7, 11) is 3.08. The second-order valence-corrected chi connectivity index (χ2v) is 3.79. The first-order valence-corrected chi connectivity index (χ1v) is 5.49. The Kier molecular flexibility index (Phi) is 3.36. The molecule has 1 heterocycles. The van der Waals surface area contributed by atoms with Crippen LogP contribution in [0.3, 0.4) is 0 Å². The lowest BCUT2D eigenvalue weighted by molar-refractivity contribution is -0.120. The van der Waals surface area contributed by atoms with Crippen LogP contribution in [0.15, 0.2) is 18.2 Å². The predicted molar refractivity (Wildman–Crippen MR) is 65.0 cm³/mol. The second-order valence-electron chi connectivity index (χ2n) is 3.79. The molecule has 0 radical (unpaired) electrons. The molecule has 1 aromatic rings. The van der Waals surface area contributed by atoms with E-state index < -0.39 is 6.03 Å². The van der Waals surface area contributed by atoms with Crippen molar-refractivity contribution in [2.75, 3.05) is 25.7 Å². The first kappa shape index (κ1) is 12.2. The van der Waals surface area contributed by atoms with Gasteiger partial charge in [0.2, 0.25) is 5.91 Å². The summed E-state index contributed by atoms with van der Waals surface area (Å²) < 4.78 is 10.3. The number of benzene rings is 1. The van der Waals surface area contributed by atoms with Gasteiger partial charge < -0.3 is 9.47 Å². The van der Waals surface area contributed by atoms with E-state index in [1.165, 1.54) is 12.0 Å². The Morgan fingerprint density at radius 3 is 2.61 bits per heavy atom. The van der Waals surface area contributed by atoms with Crippen LogP contribution in [0.1, 0.15) is 6.42 Å². The minimum atomic E-state index is -0.435. The van der Waals surface area contributed by atoms with Crippen molar-refractivity contribution in [1.82, 2.24) is 5.32 Å². The van der Waals surface area contributed by atoms with E-state index in [2.05, 4.69) is 5.32 Å². The van der Waals surface area contributed by atoms with Gasteiger partial charge in [-0.3, -0.25) is 15.0 Å². The van der Waals surface area contributed by atoms with Crippen molar-refractivity contribution >= 4 is 17.6 Å². The third-order valence-electron chi connectivity index (χ3n) is 2.73. The fraction of sp³-hybridized carbons (Fsp3) is 0.333. The Balaban J connectivity index is 2.32. The molecule has 0 aromatic heterocycles. The number of hydrogen-bond acceptors (Lipinski definition) is 4. The number of urea groups is 1. The highest BCUT2D eigenvalue weighted by Gasteiger charge is 2.26. The SMILES string of the molecule is COc1ccc(N2CCC(=O)NC2=O)c(OC)c1. The van der Waals surface area contributed by atoms with Gasteiger partial charge in [0.05, 0.1) is 19.9 Å². The molecule has 0 aliphatic carbocycles. The molecule has 0 bridgehead atoms. The average molecular weight is 250 g/mol. The molecule has 0 saturated carbocycles. The Bertz CT molecular complexity index is 487. The Morgan fingerprint density at radius 1 is 1.22 bits per heavy atom. The van der Waals surface area contributed by atoms with Crippen LogP contribution >= 0.6 is 0 Å². The van der Waals surface area contributed by atoms with Crippen LogP contribution in [-0.4, -0.2) is 32.7 Å². The number of nitrogens with one attached hydrogen (secondary N) is 1. The summed E-state index contributed by atoms with van der Waals surface area (Å²) in [6.45, 7) is 0.341. The zero-order valence-corrected chi connectivity index (χ0v) is 10.2. The van der Waals surface area contributed by atoms with Crippen LogP contribution in [0.2, 0.25) is 0 Å². The average Bonchev–Trinajstić information content (AvgIpc) is 2.38. The molecule has 1 fully saturated rings. The van der Waals surface area contributed by atoms with E-state index in [9.17, 15) is 9.59 Å². The van der Waals surface area contributed by atoms with Gasteiger partial charge in [-0.2, -0.15) is 0 Å². The van der Waals surface area contributed by atoms with Crippen LogP contribution in [0.5, 0.6) is 11.5 Å². The number of imide groups is 1. The quantitative estimate of drug-likeness (QED) is 0.873. The second kappa shape index (κ2) is 4.95. The molecule has 6 heteroatoms. The molecular weight excluding hydrogens is 236 g/mol. The normalized spacial score (nSPS) is 15.3. The van der Waals surface area contributed by atoms with Gasteiger partial charge in [0.25, 0.3) is 0 Å². The molecule has 1 aromatic carbocycles. The van der Waals surface area contributed by atoms with Crippen molar-refractivity contribution in [1.29, 1.82) is 0 Å². The molecule has 2 rings (SSSR count). The molecule has 0 atom stereocenters. The molecule has 96 valence electrons. The van der Waals surface area contributed by atoms with Crippen LogP contribution < -0.4 is 19.7 Å². The molecule has 1 N–H and O–H groups in total. The molecule has 0 spiro atoms. The highest BCUT2D eigenvalue weighted by molar-refractivity contribution is 6.06. The monoisotopic (exact) mass is 250 g/mol. The van der Waals surface area contributed by atoms with Gasteiger partial charge in [-0.15, -0.1) is 0 Å². The maximum Gasteiger partial charge on any atom is 0.328 e. The third-order valence-corrected chi connectivity index (χ3v) is 2.73. The number of anilines is 1. The highest BCUT2D eigenvalue weighted by atomic mass is 16.5. The van der Waals surface area contributed by atoms with Gasteiger partial charge in [0.15, 0.2) is 0 Å². The van der Waals surface area contributed by atoms with Crippen molar-refractivity contribution in [2.45, 2.75) is 6.42 Å². The van der Waals surface area contributed by atoms with Gasteiger partial charge in [0.1, 0.15) is 11.5 Å². The van der Waals surface area contributed by atoms with E-state index in [-0.39, 0.29) is 12.3 Å². The van der Waals surface area contributed by atoms with Crippen LogP contribution in [0.4, 0.5) is 10.5 Å². The van der Waals surface area contributed by atoms with E-state index in [1.807, 2.05) is 0 Å². The van der Waals surface area contributed by atoms with E-state index in [1.54, 1.807) is 25.3 Å². The topological polar surface area (TPSA) is 67.9 Å². The van der Waals surface area contributed by atoms with Gasteiger partial charge in [-0.25, -0.2) is 4.79 Å². The molecule has 18 heavy (non-hydrogen) atoms. The van der Waals surface area contributed by atoms with Crippen LogP contribution in [-0.2, 0) is 4.79 Å². The molecule has 0 unspecified atom stereocenters. The molecule has 3 amide bonds. The third kappa shape index (κ3) is 2.22. The number of carbonyl (C=O) groups is 2. The lowest BCUT2D eigenvalue weighted by atomic mass is 10.2. The lowest BCUT2D eigenvalue weighted by Gasteiger charge is -2.27. The van der Waals surface area contributed by atoms with Gasteiger partial charge >= 0.3 is 6.03 Å². The fourth-order valence-electron chi connectivity index (χ4n) is 1.80. The number of amides is 3. The first-order valence-electron chi connectivity index (χ1n) is 5.49. The van der Waals surface area contributed by atoms with Crippen LogP contribution in [0.25, 0.3) is 0 Å². The van der Waals surface area contributed by atoms with Crippen molar-refractivity contribution in [3.8, 4) is 11.5 Å². The molecule has 1 aliphatic heterocycles. The number of hydrogen-bond donors (Lipinski definition) is 1. The summed E-state index contributed by atoms with van der Waals surface area (Å²) in [6.07, 6.45) is 0.279. The van der Waals surface area contributed by atoms with Crippen molar-refractivity contribution < 1.29 is 19.1 Å². The minimum Gasteiger partial charge on any atom is -0.497 e. The van der Waals surface area contributed by atoms with Crippen molar-refractivity contribution in [3.63, 3.8) is 0 Å². The highest BCUT2D eigenvalue weighted by Crippen LogP contribution is 2.32. The summed E-state index contributed by atoms with van der Waals surface area (Å²) in [4.78, 5) is 24.3. The zero-order valence-electron chi connectivity index (χ0n) is 10.2. The number of rotatable bonds is 3. The van der Waals surface area contributed by atoms with Gasteiger partial charge in [-0.1, -0.05) is 0 Å². The number of methoxy groups -OCH3 is 2. The van der Waals surface area contributed by atoms with E-state index >= 15 is 0 Å². The predicted octanol–water partition coefficient (Wildman–Crippen LogP) is 1.15. The largest absolute Gasteiger partial charge is 0.497 e. The zero-order chi connectivity index (χ0) is 13.1. The fourth-order valence-corrected chi connectivity index (χ4v) is 1.80. The molecule has 1 aliphatic rings. The van der Waals surface area contributed by atoms with Gasteiger partial charge in [0, 0.05) is 19.0 Å². The van der Waals surface area contributed by atoms with E-state index in [0.29, 0.717) is 23.7 Å². The number of ether oxygens (including phenoxy) is 2. The maximum absolute atomic E-state index is 11.7. The summed E-state index contributed by atoms with van der Waals surface area (Å²) in [5.41, 5.74) is 0.614.